The first-order valence-corrected chi connectivity index (χ1v) is 9.48. The minimum absolute atomic E-state index is 0. The molecule has 3 aliphatic heterocycles. The fourth-order valence-electron chi connectivity index (χ4n) is 3.56. The maximum Gasteiger partial charge on any atom is 0.177 e. The maximum absolute atomic E-state index is 11.6. The monoisotopic (exact) mass is 357 g/mol. The maximum atomic E-state index is 11.6. The highest BCUT2D eigenvalue weighted by molar-refractivity contribution is 7.90. The molecule has 2 bridgehead atoms. The molecule has 1 aromatic heterocycles. The van der Waals surface area contributed by atoms with Crippen LogP contribution in [0.2, 0.25) is 0 Å². The van der Waals surface area contributed by atoms with Gasteiger partial charge in [-0.3, -0.25) is 0 Å². The van der Waals surface area contributed by atoms with E-state index in [1.165, 1.54) is 32.2 Å². The Hall–Kier alpha value is -1.31. The van der Waals surface area contributed by atoms with Crippen molar-refractivity contribution in [3.63, 3.8) is 0 Å². The summed E-state index contributed by atoms with van der Waals surface area (Å²) < 4.78 is 28.5. The SMILES string of the molecule is CS(=O)(=O)c1ccc2c(N[C@@H]3CN4CCC3CC4)noc2c1.Cl. The Morgan fingerprint density at radius 1 is 1.30 bits per heavy atom. The molecule has 1 aromatic carbocycles. The number of hydrogen-bond acceptors (Lipinski definition) is 6. The summed E-state index contributed by atoms with van der Waals surface area (Å²) in [6, 6.07) is 5.31. The molecular formula is C15H20ClN3O3S. The zero-order valence-corrected chi connectivity index (χ0v) is 14.5. The van der Waals surface area contributed by atoms with Gasteiger partial charge in [0.2, 0.25) is 0 Å². The van der Waals surface area contributed by atoms with E-state index in [-0.39, 0.29) is 17.3 Å². The van der Waals surface area contributed by atoms with E-state index in [1.807, 2.05) is 0 Å². The molecule has 3 saturated heterocycles. The topological polar surface area (TPSA) is 75.4 Å². The number of nitrogens with one attached hydrogen (secondary N) is 1. The van der Waals surface area contributed by atoms with Crippen molar-refractivity contribution in [1.29, 1.82) is 0 Å². The molecule has 2 aromatic rings. The van der Waals surface area contributed by atoms with Crippen molar-refractivity contribution in [3.8, 4) is 0 Å². The lowest BCUT2D eigenvalue weighted by Gasteiger charge is -2.44. The number of aromatic nitrogens is 1. The van der Waals surface area contributed by atoms with Crippen LogP contribution in [0.3, 0.4) is 0 Å². The van der Waals surface area contributed by atoms with E-state index in [4.69, 9.17) is 4.52 Å². The molecule has 5 rings (SSSR count). The third-order valence-electron chi connectivity index (χ3n) is 4.85. The number of hydrogen-bond donors (Lipinski definition) is 1. The first-order valence-electron chi connectivity index (χ1n) is 7.59. The Morgan fingerprint density at radius 3 is 2.65 bits per heavy atom. The van der Waals surface area contributed by atoms with Crippen LogP contribution in [-0.4, -0.2) is 50.4 Å². The molecule has 0 spiro atoms. The van der Waals surface area contributed by atoms with E-state index in [2.05, 4.69) is 15.4 Å². The van der Waals surface area contributed by atoms with Crippen molar-refractivity contribution in [3.05, 3.63) is 18.2 Å². The highest BCUT2D eigenvalue weighted by Gasteiger charge is 2.34. The lowest BCUT2D eigenvalue weighted by Crippen LogP contribution is -2.53. The van der Waals surface area contributed by atoms with Gasteiger partial charge < -0.3 is 14.7 Å². The van der Waals surface area contributed by atoms with Crippen molar-refractivity contribution >= 4 is 39.0 Å². The molecule has 0 unspecified atom stereocenters. The van der Waals surface area contributed by atoms with Gasteiger partial charge in [0.25, 0.3) is 0 Å². The molecule has 1 atom stereocenters. The lowest BCUT2D eigenvalue weighted by atomic mass is 9.84. The summed E-state index contributed by atoms with van der Waals surface area (Å²) in [6.45, 7) is 3.43. The highest BCUT2D eigenvalue weighted by Crippen LogP contribution is 2.32. The number of rotatable bonds is 3. The third-order valence-corrected chi connectivity index (χ3v) is 5.96. The van der Waals surface area contributed by atoms with Gasteiger partial charge in [-0.15, -0.1) is 12.4 Å². The van der Waals surface area contributed by atoms with Crippen LogP contribution < -0.4 is 5.32 Å². The first-order chi connectivity index (χ1) is 10.5. The molecule has 0 saturated carbocycles. The van der Waals surface area contributed by atoms with E-state index >= 15 is 0 Å². The zero-order chi connectivity index (χ0) is 15.3. The van der Waals surface area contributed by atoms with Crippen molar-refractivity contribution in [1.82, 2.24) is 10.1 Å². The van der Waals surface area contributed by atoms with Gasteiger partial charge in [0.1, 0.15) is 0 Å². The molecule has 0 radical (unpaired) electrons. The summed E-state index contributed by atoms with van der Waals surface area (Å²) >= 11 is 0. The standard InChI is InChI=1S/C15H19N3O3S.ClH/c1-22(19,20)11-2-3-12-14(8-11)21-17-15(12)16-13-9-18-6-4-10(13)5-7-18;/h2-3,8,10,13H,4-7,9H2,1H3,(H,16,17);1H/t13-;/m1./s1. The lowest BCUT2D eigenvalue weighted by molar-refractivity contribution is 0.0973. The van der Waals surface area contributed by atoms with Crippen LogP contribution in [0.5, 0.6) is 0 Å². The van der Waals surface area contributed by atoms with E-state index in [1.54, 1.807) is 18.2 Å². The molecule has 4 heterocycles. The summed E-state index contributed by atoms with van der Waals surface area (Å²) in [5.41, 5.74) is 0.506. The third kappa shape index (κ3) is 3.05. The van der Waals surface area contributed by atoms with Crippen LogP contribution in [0.1, 0.15) is 12.8 Å². The molecular weight excluding hydrogens is 338 g/mol. The second-order valence-corrected chi connectivity index (χ2v) is 8.37. The molecule has 3 aliphatic rings. The molecule has 6 nitrogen and oxygen atoms in total. The van der Waals surface area contributed by atoms with Gasteiger partial charge in [0, 0.05) is 24.9 Å². The van der Waals surface area contributed by atoms with E-state index in [9.17, 15) is 8.42 Å². The van der Waals surface area contributed by atoms with Gasteiger partial charge >= 0.3 is 0 Å². The summed E-state index contributed by atoms with van der Waals surface area (Å²) in [6.07, 6.45) is 3.65. The van der Waals surface area contributed by atoms with Crippen molar-refractivity contribution in [2.45, 2.75) is 23.8 Å². The van der Waals surface area contributed by atoms with Gasteiger partial charge in [0.05, 0.1) is 10.3 Å². The van der Waals surface area contributed by atoms with Crippen LogP contribution in [0.4, 0.5) is 5.82 Å². The molecule has 23 heavy (non-hydrogen) atoms. The van der Waals surface area contributed by atoms with Crippen LogP contribution in [0, 0.1) is 5.92 Å². The summed E-state index contributed by atoms with van der Waals surface area (Å²) in [5, 5.41) is 8.43. The number of halogens is 1. The Labute approximate surface area is 141 Å². The van der Waals surface area contributed by atoms with E-state index in [0.717, 1.165) is 11.9 Å². The first kappa shape index (κ1) is 16.5. The van der Waals surface area contributed by atoms with Gasteiger partial charge in [-0.2, -0.15) is 0 Å². The fourth-order valence-corrected chi connectivity index (χ4v) is 4.19. The quantitative estimate of drug-likeness (QED) is 0.907. The largest absolute Gasteiger partial charge is 0.362 e. The Bertz CT molecular complexity index is 812. The smallest absolute Gasteiger partial charge is 0.177 e. The predicted octanol–water partition coefficient (Wildman–Crippen LogP) is 2.16. The Kier molecular flexibility index (Phi) is 4.29. The molecule has 1 N–H and O–H groups in total. The number of sulfone groups is 1. The number of benzene rings is 1. The second-order valence-electron chi connectivity index (χ2n) is 6.35. The summed E-state index contributed by atoms with van der Waals surface area (Å²) in [5.74, 6) is 1.40. The van der Waals surface area contributed by atoms with Gasteiger partial charge in [0.15, 0.2) is 21.2 Å². The molecule has 0 aliphatic carbocycles. The average Bonchev–Trinajstić information content (AvgIpc) is 2.90. The van der Waals surface area contributed by atoms with Crippen LogP contribution >= 0.6 is 12.4 Å². The summed E-state index contributed by atoms with van der Waals surface area (Å²) in [4.78, 5) is 2.73. The number of nitrogens with zero attached hydrogens (tertiary/aromatic N) is 2. The van der Waals surface area contributed by atoms with Crippen molar-refractivity contribution in [2.75, 3.05) is 31.2 Å². The number of anilines is 1. The molecule has 126 valence electrons. The molecule has 0 amide bonds. The minimum Gasteiger partial charge on any atom is -0.362 e. The minimum atomic E-state index is -3.23. The molecule has 8 heteroatoms. The van der Waals surface area contributed by atoms with E-state index < -0.39 is 9.84 Å². The highest BCUT2D eigenvalue weighted by atomic mass is 35.5. The zero-order valence-electron chi connectivity index (χ0n) is 12.9. The van der Waals surface area contributed by atoms with Crippen LogP contribution in [0.25, 0.3) is 11.0 Å². The van der Waals surface area contributed by atoms with E-state index in [0.29, 0.717) is 23.4 Å². The van der Waals surface area contributed by atoms with Gasteiger partial charge in [-0.25, -0.2) is 8.42 Å². The predicted molar refractivity (Wildman–Crippen MR) is 90.9 cm³/mol. The summed E-state index contributed by atoms with van der Waals surface area (Å²) in [7, 11) is -3.23. The number of fused-ring (bicyclic) bond motifs is 4. The van der Waals surface area contributed by atoms with Crippen molar-refractivity contribution < 1.29 is 12.9 Å². The molecule has 3 fully saturated rings. The van der Waals surface area contributed by atoms with Crippen LogP contribution in [-0.2, 0) is 9.84 Å². The average molecular weight is 358 g/mol. The Balaban J connectivity index is 0.00000156. The normalized spacial score (nSPS) is 26.9. The fraction of sp³-hybridized carbons (Fsp3) is 0.533. The second kappa shape index (κ2) is 5.96. The van der Waals surface area contributed by atoms with Gasteiger partial charge in [-0.1, -0.05) is 5.16 Å². The van der Waals surface area contributed by atoms with Crippen LogP contribution in [0.15, 0.2) is 27.6 Å². The van der Waals surface area contributed by atoms with Gasteiger partial charge in [-0.05, 0) is 44.0 Å². The Morgan fingerprint density at radius 2 is 2.04 bits per heavy atom. The van der Waals surface area contributed by atoms with Crippen molar-refractivity contribution in [2.24, 2.45) is 5.92 Å². The number of piperidine rings is 3.